The van der Waals surface area contributed by atoms with Crippen molar-refractivity contribution in [2.45, 2.75) is 6.54 Å². The topological polar surface area (TPSA) is 123 Å². The Morgan fingerprint density at radius 3 is 2.66 bits per heavy atom. The highest BCUT2D eigenvalue weighted by molar-refractivity contribution is 7.92. The number of sulfonamides is 1. The van der Waals surface area contributed by atoms with Gasteiger partial charge >= 0.3 is 0 Å². The van der Waals surface area contributed by atoms with Crippen molar-refractivity contribution in [1.29, 1.82) is 0 Å². The molecule has 0 unspecified atom stereocenters. The van der Waals surface area contributed by atoms with E-state index in [-0.39, 0.29) is 5.02 Å². The molecule has 0 spiro atoms. The zero-order chi connectivity index (χ0) is 20.9. The Labute approximate surface area is 173 Å². The summed E-state index contributed by atoms with van der Waals surface area (Å²) in [6.45, 7) is 1.17. The molecule has 2 aromatic heterocycles. The lowest BCUT2D eigenvalue weighted by molar-refractivity contribution is 0.183. The monoisotopic (exact) mass is 437 g/mol. The number of ether oxygens (including phenoxy) is 1. The molecule has 0 bridgehead atoms. The zero-order valence-corrected chi connectivity index (χ0v) is 17.3. The number of benzene rings is 1. The molecule has 0 atom stereocenters. The summed E-state index contributed by atoms with van der Waals surface area (Å²) in [5.41, 5.74) is 1.57. The van der Waals surface area contributed by atoms with Crippen LogP contribution in [0.3, 0.4) is 0 Å². The Balaban J connectivity index is 1.79. The number of rotatable bonds is 9. The number of anilines is 5. The summed E-state index contributed by atoms with van der Waals surface area (Å²) in [5.74, 6) is 0.621. The number of hydrogen-bond donors (Lipinski definition) is 3. The number of halogens is 1. The van der Waals surface area contributed by atoms with E-state index in [9.17, 15) is 8.42 Å². The third-order valence-electron chi connectivity index (χ3n) is 3.63. The minimum Gasteiger partial charge on any atom is -0.383 e. The van der Waals surface area contributed by atoms with E-state index in [1.54, 1.807) is 48.5 Å². The molecule has 0 aliphatic carbocycles. The first-order chi connectivity index (χ1) is 13.8. The molecule has 0 radical (unpaired) electrons. The Hall–Kier alpha value is -2.89. The van der Waals surface area contributed by atoms with Gasteiger partial charge < -0.3 is 15.4 Å². The van der Waals surface area contributed by atoms with Gasteiger partial charge in [0.15, 0.2) is 5.82 Å². The van der Waals surface area contributed by atoms with Crippen LogP contribution < -0.4 is 15.4 Å². The van der Waals surface area contributed by atoms with Gasteiger partial charge in [-0.1, -0.05) is 23.7 Å². The molecule has 3 N–H and O–H groups in total. The number of para-hydroxylation sites is 2. The lowest BCUT2D eigenvalue weighted by atomic mass is 10.2. The van der Waals surface area contributed by atoms with Crippen LogP contribution in [0.1, 0.15) is 0 Å². The van der Waals surface area contributed by atoms with Crippen LogP contribution in [-0.2, 0) is 21.3 Å². The molecule has 10 nitrogen and oxygen atoms in total. The molecule has 29 heavy (non-hydrogen) atoms. The minimum absolute atomic E-state index is 0.278. The highest BCUT2D eigenvalue weighted by Crippen LogP contribution is 2.29. The van der Waals surface area contributed by atoms with Crippen LogP contribution >= 0.6 is 11.6 Å². The molecule has 1 aromatic carbocycles. The molecule has 0 saturated carbocycles. The summed E-state index contributed by atoms with van der Waals surface area (Å²) in [6.07, 6.45) is 5.97. The molecule has 3 aromatic rings. The first-order valence-corrected chi connectivity index (χ1v) is 10.8. The van der Waals surface area contributed by atoms with E-state index >= 15 is 0 Å². The smallest absolute Gasteiger partial charge is 0.229 e. The van der Waals surface area contributed by atoms with Crippen LogP contribution in [0, 0.1) is 0 Å². The second kappa shape index (κ2) is 9.07. The average Bonchev–Trinajstić information content (AvgIpc) is 3.10. The number of nitrogens with zero attached hydrogens (tertiary/aromatic N) is 4. The molecule has 12 heteroatoms. The van der Waals surface area contributed by atoms with Crippen LogP contribution in [0.4, 0.5) is 28.8 Å². The molecular formula is C17H20ClN7O3S. The van der Waals surface area contributed by atoms with Crippen molar-refractivity contribution in [3.63, 3.8) is 0 Å². The van der Waals surface area contributed by atoms with Gasteiger partial charge in [0.25, 0.3) is 0 Å². The standard InChI is InChI=1S/C17H20ClN7O3S/c1-28-8-7-25-11-12(9-20-25)21-17-19-10-13(18)16(23-17)22-14-5-3-4-6-15(14)24-29(2,26)27/h3-6,9-11,24H,7-8H2,1-2H3,(H2,19,21,22,23). The van der Waals surface area contributed by atoms with Gasteiger partial charge in [0.1, 0.15) is 5.02 Å². The maximum Gasteiger partial charge on any atom is 0.229 e. The second-order valence-electron chi connectivity index (χ2n) is 6.04. The zero-order valence-electron chi connectivity index (χ0n) is 15.8. The van der Waals surface area contributed by atoms with E-state index in [4.69, 9.17) is 16.3 Å². The SMILES string of the molecule is COCCn1cc(Nc2ncc(Cl)c(Nc3ccccc3NS(C)(=O)=O)n2)cn1. The van der Waals surface area contributed by atoms with E-state index in [0.29, 0.717) is 42.0 Å². The highest BCUT2D eigenvalue weighted by atomic mass is 35.5. The Morgan fingerprint density at radius 1 is 1.17 bits per heavy atom. The summed E-state index contributed by atoms with van der Waals surface area (Å²) in [4.78, 5) is 8.53. The van der Waals surface area contributed by atoms with Crippen molar-refractivity contribution in [3.8, 4) is 0 Å². The van der Waals surface area contributed by atoms with Gasteiger partial charge in [0, 0.05) is 13.3 Å². The van der Waals surface area contributed by atoms with Gasteiger partial charge in [0.2, 0.25) is 16.0 Å². The molecule has 0 fully saturated rings. The fourth-order valence-corrected chi connectivity index (χ4v) is 3.10. The van der Waals surface area contributed by atoms with E-state index in [0.717, 1.165) is 6.26 Å². The minimum atomic E-state index is -3.44. The molecule has 2 heterocycles. The lowest BCUT2D eigenvalue weighted by Crippen LogP contribution is -2.11. The van der Waals surface area contributed by atoms with E-state index in [1.807, 2.05) is 0 Å². The van der Waals surface area contributed by atoms with Crippen molar-refractivity contribution in [2.24, 2.45) is 0 Å². The third kappa shape index (κ3) is 6.04. The Morgan fingerprint density at radius 2 is 1.93 bits per heavy atom. The van der Waals surface area contributed by atoms with Crippen LogP contribution in [-0.4, -0.2) is 48.1 Å². The van der Waals surface area contributed by atoms with Gasteiger partial charge in [-0.2, -0.15) is 10.1 Å². The lowest BCUT2D eigenvalue weighted by Gasteiger charge is -2.13. The van der Waals surface area contributed by atoms with Crippen molar-refractivity contribution in [3.05, 3.63) is 47.9 Å². The van der Waals surface area contributed by atoms with Crippen LogP contribution in [0.25, 0.3) is 0 Å². The van der Waals surface area contributed by atoms with E-state index in [2.05, 4.69) is 30.4 Å². The Bertz CT molecular complexity index is 1090. The van der Waals surface area contributed by atoms with Crippen molar-refractivity contribution >= 4 is 50.5 Å². The fraction of sp³-hybridized carbons (Fsp3) is 0.235. The van der Waals surface area contributed by atoms with Crippen LogP contribution in [0.15, 0.2) is 42.9 Å². The van der Waals surface area contributed by atoms with Crippen LogP contribution in [0.5, 0.6) is 0 Å². The second-order valence-corrected chi connectivity index (χ2v) is 8.20. The van der Waals surface area contributed by atoms with Gasteiger partial charge in [-0.25, -0.2) is 13.4 Å². The van der Waals surface area contributed by atoms with Gasteiger partial charge in [-0.3, -0.25) is 9.40 Å². The maximum absolute atomic E-state index is 11.6. The fourth-order valence-electron chi connectivity index (χ4n) is 2.39. The van der Waals surface area contributed by atoms with Crippen molar-refractivity contribution in [1.82, 2.24) is 19.7 Å². The summed E-state index contributed by atoms with van der Waals surface area (Å²) >= 11 is 6.21. The predicted octanol–water partition coefficient (Wildman–Crippen LogP) is 2.83. The average molecular weight is 438 g/mol. The molecular weight excluding hydrogens is 418 g/mol. The summed E-state index contributed by atoms with van der Waals surface area (Å²) in [5, 5.41) is 10.6. The summed E-state index contributed by atoms with van der Waals surface area (Å²) < 4.78 is 32.4. The van der Waals surface area contributed by atoms with E-state index < -0.39 is 10.0 Å². The van der Waals surface area contributed by atoms with Gasteiger partial charge in [-0.15, -0.1) is 0 Å². The molecule has 3 rings (SSSR count). The number of hydrogen-bond acceptors (Lipinski definition) is 8. The molecule has 0 aliphatic heterocycles. The normalized spacial score (nSPS) is 11.3. The molecule has 154 valence electrons. The van der Waals surface area contributed by atoms with Gasteiger partial charge in [-0.05, 0) is 12.1 Å². The third-order valence-corrected chi connectivity index (χ3v) is 4.50. The summed E-state index contributed by atoms with van der Waals surface area (Å²) in [7, 11) is -1.81. The van der Waals surface area contributed by atoms with Crippen molar-refractivity contribution < 1.29 is 13.2 Å². The predicted molar refractivity (Wildman–Crippen MR) is 113 cm³/mol. The first-order valence-electron chi connectivity index (χ1n) is 8.49. The van der Waals surface area contributed by atoms with Crippen LogP contribution in [0.2, 0.25) is 5.02 Å². The number of aromatic nitrogens is 4. The summed E-state index contributed by atoms with van der Waals surface area (Å²) in [6, 6.07) is 6.82. The number of nitrogens with one attached hydrogen (secondary N) is 3. The largest absolute Gasteiger partial charge is 0.383 e. The Kier molecular flexibility index (Phi) is 6.52. The first kappa shape index (κ1) is 20.8. The molecule has 0 aliphatic rings. The quantitative estimate of drug-likeness (QED) is 0.467. The van der Waals surface area contributed by atoms with Crippen molar-refractivity contribution in [2.75, 3.05) is 35.3 Å². The molecule has 0 amide bonds. The number of methoxy groups -OCH3 is 1. The maximum atomic E-state index is 11.6. The molecule has 0 saturated heterocycles. The highest BCUT2D eigenvalue weighted by Gasteiger charge is 2.11. The van der Waals surface area contributed by atoms with Gasteiger partial charge in [0.05, 0.1) is 48.9 Å². The van der Waals surface area contributed by atoms with E-state index in [1.165, 1.54) is 6.20 Å².